The summed E-state index contributed by atoms with van der Waals surface area (Å²) >= 11 is 1.37. The van der Waals surface area contributed by atoms with Crippen LogP contribution in [-0.4, -0.2) is 40.5 Å². The molecular formula is C19H18N2O5S. The number of fused-ring (bicyclic) bond motifs is 1. The molecule has 0 aliphatic rings. The molecule has 0 radical (unpaired) electrons. The molecule has 0 unspecified atom stereocenters. The maximum absolute atomic E-state index is 12.2. The number of benzene rings is 2. The number of imidazole rings is 1. The van der Waals surface area contributed by atoms with Gasteiger partial charge < -0.3 is 19.1 Å². The molecule has 0 spiro atoms. The van der Waals surface area contributed by atoms with Crippen LogP contribution in [0.3, 0.4) is 0 Å². The molecule has 0 saturated carbocycles. The third-order valence-electron chi connectivity index (χ3n) is 3.81. The molecule has 0 aliphatic heterocycles. The van der Waals surface area contributed by atoms with Crippen LogP contribution in [0.25, 0.3) is 11.0 Å². The molecule has 3 aromatic rings. The van der Waals surface area contributed by atoms with Gasteiger partial charge in [-0.05, 0) is 23.8 Å². The lowest BCUT2D eigenvalue weighted by Crippen LogP contribution is -2.11. The molecule has 0 bridgehead atoms. The molecule has 0 saturated heterocycles. The average molecular weight is 386 g/mol. The third kappa shape index (κ3) is 4.47. The number of carboxylic acids is 1. The van der Waals surface area contributed by atoms with Crippen molar-refractivity contribution in [1.29, 1.82) is 0 Å². The van der Waals surface area contributed by atoms with Gasteiger partial charge in [-0.3, -0.25) is 4.79 Å². The summed E-state index contributed by atoms with van der Waals surface area (Å²) in [5, 5.41) is 9.80. The quantitative estimate of drug-likeness (QED) is 0.361. The Balaban J connectivity index is 1.85. The number of esters is 1. The highest BCUT2D eigenvalue weighted by atomic mass is 32.2. The van der Waals surface area contributed by atoms with E-state index in [2.05, 4.69) is 4.98 Å². The summed E-state index contributed by atoms with van der Waals surface area (Å²) in [6.45, 7) is -0.297. The second-order valence-corrected chi connectivity index (χ2v) is 6.59. The molecule has 0 atom stereocenters. The van der Waals surface area contributed by atoms with Crippen LogP contribution in [0.4, 0.5) is 0 Å². The third-order valence-corrected chi connectivity index (χ3v) is 4.84. The Morgan fingerprint density at radius 2 is 1.89 bits per heavy atom. The largest absolute Gasteiger partial charge is 0.480 e. The Bertz CT molecular complexity index is 970. The van der Waals surface area contributed by atoms with Gasteiger partial charge in [0.15, 0.2) is 11.9 Å². The number of nitrogens with zero attached hydrogens (tertiary/aromatic N) is 2. The molecule has 1 heterocycles. The number of hydrogen-bond donors (Lipinski definition) is 1. The van der Waals surface area contributed by atoms with Gasteiger partial charge in [-0.25, -0.2) is 9.78 Å². The molecule has 0 fully saturated rings. The minimum atomic E-state index is -0.941. The number of carboxylic acid groups (broad SMARTS) is 1. The second kappa shape index (κ2) is 8.70. The molecule has 8 heteroatoms. The Kier molecular flexibility index (Phi) is 6.10. The molecule has 2 aromatic carbocycles. The molecule has 7 nitrogen and oxygen atoms in total. The van der Waals surface area contributed by atoms with Crippen LogP contribution < -0.4 is 0 Å². The molecule has 3 rings (SSSR count). The first-order chi connectivity index (χ1) is 13.1. The highest BCUT2D eigenvalue weighted by molar-refractivity contribution is 7.98. The van der Waals surface area contributed by atoms with Gasteiger partial charge in [0.1, 0.15) is 6.54 Å². The van der Waals surface area contributed by atoms with Crippen LogP contribution in [0.1, 0.15) is 15.9 Å². The number of ether oxygens (including phenoxy) is 2. The second-order valence-electron chi connectivity index (χ2n) is 5.65. The van der Waals surface area contributed by atoms with Crippen molar-refractivity contribution in [3.8, 4) is 0 Å². The first-order valence-corrected chi connectivity index (χ1v) is 9.12. The zero-order valence-corrected chi connectivity index (χ0v) is 15.4. The zero-order chi connectivity index (χ0) is 19.2. The van der Waals surface area contributed by atoms with Crippen LogP contribution in [0.2, 0.25) is 0 Å². The summed E-state index contributed by atoms with van der Waals surface area (Å²) in [6, 6.07) is 14.5. The Labute approximate surface area is 159 Å². The first kappa shape index (κ1) is 18.9. The highest BCUT2D eigenvalue weighted by Gasteiger charge is 2.16. The fourth-order valence-corrected chi connectivity index (χ4v) is 3.65. The summed E-state index contributed by atoms with van der Waals surface area (Å²) in [7, 11) is 1.45. The van der Waals surface area contributed by atoms with Crippen molar-refractivity contribution in [2.75, 3.05) is 13.9 Å². The standard InChI is InChI=1S/C19H18N2O5S/c1-25-12-26-18(24)14-7-3-2-6-13(14)11-27-19-20-15-8-4-5-9-16(15)21(19)10-17(22)23/h2-9H,10-12H2,1H3,(H,22,23). The van der Waals surface area contributed by atoms with E-state index in [1.807, 2.05) is 36.4 Å². The number of carbonyl (C=O) groups is 2. The lowest BCUT2D eigenvalue weighted by atomic mass is 10.1. The van der Waals surface area contributed by atoms with Gasteiger partial charge in [0.2, 0.25) is 0 Å². The predicted octanol–water partition coefficient (Wildman–Crippen LogP) is 3.17. The van der Waals surface area contributed by atoms with Gasteiger partial charge in [0.25, 0.3) is 0 Å². The fourth-order valence-electron chi connectivity index (χ4n) is 2.63. The Morgan fingerprint density at radius 3 is 2.67 bits per heavy atom. The monoisotopic (exact) mass is 386 g/mol. The normalized spacial score (nSPS) is 10.9. The predicted molar refractivity (Wildman–Crippen MR) is 101 cm³/mol. The van der Waals surface area contributed by atoms with Crippen molar-refractivity contribution >= 4 is 34.7 Å². The Hall–Kier alpha value is -2.84. The van der Waals surface area contributed by atoms with Crippen molar-refractivity contribution in [2.45, 2.75) is 17.5 Å². The summed E-state index contributed by atoms with van der Waals surface area (Å²) in [5.74, 6) is -0.961. The summed E-state index contributed by atoms with van der Waals surface area (Å²) < 4.78 is 11.5. The van der Waals surface area contributed by atoms with E-state index >= 15 is 0 Å². The average Bonchev–Trinajstić information content (AvgIpc) is 3.01. The number of hydrogen-bond acceptors (Lipinski definition) is 6. The smallest absolute Gasteiger partial charge is 0.340 e. The van der Waals surface area contributed by atoms with E-state index in [0.29, 0.717) is 16.5 Å². The molecule has 140 valence electrons. The number of carbonyl (C=O) groups excluding carboxylic acids is 1. The molecule has 0 amide bonds. The molecule has 1 aromatic heterocycles. The number of aromatic nitrogens is 2. The maximum Gasteiger partial charge on any atom is 0.340 e. The van der Waals surface area contributed by atoms with Crippen LogP contribution >= 0.6 is 11.8 Å². The van der Waals surface area contributed by atoms with Gasteiger partial charge in [0, 0.05) is 12.9 Å². The SMILES string of the molecule is COCOC(=O)c1ccccc1CSc1nc2ccccc2n1CC(=O)O. The topological polar surface area (TPSA) is 90.7 Å². The van der Waals surface area contributed by atoms with E-state index in [4.69, 9.17) is 9.47 Å². The van der Waals surface area contributed by atoms with Crippen LogP contribution in [0, 0.1) is 0 Å². The van der Waals surface area contributed by atoms with Crippen LogP contribution in [-0.2, 0) is 26.6 Å². The maximum atomic E-state index is 12.2. The summed E-state index contributed by atoms with van der Waals surface area (Å²) in [6.07, 6.45) is 0. The van der Waals surface area contributed by atoms with E-state index in [1.165, 1.54) is 18.9 Å². The Morgan fingerprint density at radius 1 is 1.15 bits per heavy atom. The van der Waals surface area contributed by atoms with E-state index < -0.39 is 11.9 Å². The van der Waals surface area contributed by atoms with Crippen molar-refractivity contribution in [3.63, 3.8) is 0 Å². The minimum Gasteiger partial charge on any atom is -0.480 e. The van der Waals surface area contributed by atoms with Crippen molar-refractivity contribution in [2.24, 2.45) is 0 Å². The van der Waals surface area contributed by atoms with E-state index in [-0.39, 0.29) is 13.3 Å². The van der Waals surface area contributed by atoms with Gasteiger partial charge in [-0.2, -0.15) is 0 Å². The number of thioether (sulfide) groups is 1. The summed E-state index contributed by atoms with van der Waals surface area (Å²) in [5.41, 5.74) is 2.71. The van der Waals surface area contributed by atoms with E-state index in [9.17, 15) is 14.7 Å². The van der Waals surface area contributed by atoms with Crippen molar-refractivity contribution < 1.29 is 24.2 Å². The van der Waals surface area contributed by atoms with Crippen LogP contribution in [0.5, 0.6) is 0 Å². The lowest BCUT2D eigenvalue weighted by Gasteiger charge is -2.10. The van der Waals surface area contributed by atoms with Gasteiger partial charge in [-0.1, -0.05) is 42.1 Å². The highest BCUT2D eigenvalue weighted by Crippen LogP contribution is 2.28. The number of methoxy groups -OCH3 is 1. The molecule has 0 aliphatic carbocycles. The zero-order valence-electron chi connectivity index (χ0n) is 14.6. The summed E-state index contributed by atoms with van der Waals surface area (Å²) in [4.78, 5) is 28.0. The minimum absolute atomic E-state index is 0.116. The lowest BCUT2D eigenvalue weighted by molar-refractivity contribution is -0.137. The van der Waals surface area contributed by atoms with Crippen LogP contribution in [0.15, 0.2) is 53.7 Å². The number of rotatable bonds is 8. The molecule has 27 heavy (non-hydrogen) atoms. The molecule has 1 N–H and O–H groups in total. The molecular weight excluding hydrogens is 368 g/mol. The number of aliphatic carboxylic acids is 1. The van der Waals surface area contributed by atoms with Gasteiger partial charge >= 0.3 is 11.9 Å². The van der Waals surface area contributed by atoms with Gasteiger partial charge in [0.05, 0.1) is 16.6 Å². The van der Waals surface area contributed by atoms with E-state index in [0.717, 1.165) is 16.6 Å². The van der Waals surface area contributed by atoms with Gasteiger partial charge in [-0.15, -0.1) is 0 Å². The first-order valence-electron chi connectivity index (χ1n) is 8.14. The van der Waals surface area contributed by atoms with Crippen molar-refractivity contribution in [3.05, 3.63) is 59.7 Å². The van der Waals surface area contributed by atoms with E-state index in [1.54, 1.807) is 16.7 Å². The number of para-hydroxylation sites is 2. The van der Waals surface area contributed by atoms with Crippen molar-refractivity contribution in [1.82, 2.24) is 9.55 Å². The fraction of sp³-hybridized carbons (Fsp3) is 0.211.